The maximum absolute atomic E-state index is 10.4. The number of hydrogen-bond donors (Lipinski definition) is 1. The fourth-order valence-corrected chi connectivity index (χ4v) is 7.18. The topological polar surface area (TPSA) is 36.4 Å². The summed E-state index contributed by atoms with van der Waals surface area (Å²) >= 11 is 0. The van der Waals surface area contributed by atoms with Crippen LogP contribution in [0.4, 0.5) is 0 Å². The summed E-state index contributed by atoms with van der Waals surface area (Å²) in [6.07, 6.45) is 8.54. The Labute approximate surface area is 184 Å². The molecular formula is C28H30N2O. The maximum atomic E-state index is 10.4. The summed E-state index contributed by atoms with van der Waals surface area (Å²) in [7, 11) is 0. The molecule has 3 heteroatoms. The molecule has 1 unspecified atom stereocenters. The van der Waals surface area contributed by atoms with Gasteiger partial charge in [0.15, 0.2) is 0 Å². The third-order valence-corrected chi connectivity index (χ3v) is 8.84. The highest BCUT2D eigenvalue weighted by molar-refractivity contribution is 5.79. The first-order valence-electron chi connectivity index (χ1n) is 12.1. The van der Waals surface area contributed by atoms with Crippen molar-refractivity contribution in [3.63, 3.8) is 0 Å². The van der Waals surface area contributed by atoms with Gasteiger partial charge in [-0.1, -0.05) is 24.3 Å². The first kappa shape index (κ1) is 18.2. The average Bonchev–Trinajstić information content (AvgIpc) is 3.60. The summed E-state index contributed by atoms with van der Waals surface area (Å²) in [5.41, 5.74) is 6.85. The van der Waals surface area contributed by atoms with Gasteiger partial charge in [-0.05, 0) is 97.9 Å². The highest BCUT2D eigenvalue weighted by Gasteiger charge is 2.54. The lowest BCUT2D eigenvalue weighted by Gasteiger charge is -2.57. The van der Waals surface area contributed by atoms with E-state index in [2.05, 4.69) is 47.4 Å². The zero-order valence-corrected chi connectivity index (χ0v) is 18.1. The lowest BCUT2D eigenvalue weighted by Crippen LogP contribution is -2.60. The Hall–Kier alpha value is -2.39. The highest BCUT2D eigenvalue weighted by atomic mass is 16.3. The second kappa shape index (κ2) is 6.56. The van der Waals surface area contributed by atoms with Crippen LogP contribution in [0.3, 0.4) is 0 Å². The molecule has 0 amide bonds. The normalized spacial score (nSPS) is 29.7. The fraction of sp³-hybridized carbons (Fsp3) is 0.464. The molecule has 3 nitrogen and oxygen atoms in total. The van der Waals surface area contributed by atoms with Crippen LogP contribution in [0.5, 0.6) is 5.75 Å². The molecule has 1 saturated carbocycles. The van der Waals surface area contributed by atoms with Gasteiger partial charge in [-0.25, -0.2) is 0 Å². The number of likely N-dealkylation sites (tertiary alicyclic amines) is 1. The van der Waals surface area contributed by atoms with Crippen LogP contribution >= 0.6 is 0 Å². The number of benzene rings is 2. The molecule has 2 aromatic carbocycles. The Balaban J connectivity index is 1.39. The zero-order valence-electron chi connectivity index (χ0n) is 18.1. The first-order valence-corrected chi connectivity index (χ1v) is 12.1. The van der Waals surface area contributed by atoms with E-state index in [0.29, 0.717) is 17.7 Å². The maximum Gasteiger partial charge on any atom is 0.115 e. The van der Waals surface area contributed by atoms with Crippen molar-refractivity contribution >= 4 is 10.9 Å². The first-order chi connectivity index (χ1) is 15.2. The highest BCUT2D eigenvalue weighted by Crippen LogP contribution is 2.55. The van der Waals surface area contributed by atoms with E-state index in [1.54, 1.807) is 0 Å². The van der Waals surface area contributed by atoms with E-state index in [0.717, 1.165) is 30.7 Å². The molecule has 3 atom stereocenters. The molecule has 1 saturated heterocycles. The molecule has 0 radical (unpaired) electrons. The van der Waals surface area contributed by atoms with Gasteiger partial charge in [0.1, 0.15) is 5.75 Å². The summed E-state index contributed by atoms with van der Waals surface area (Å²) in [6.45, 7) is 2.48. The van der Waals surface area contributed by atoms with Gasteiger partial charge in [-0.2, -0.15) is 0 Å². The van der Waals surface area contributed by atoms with E-state index in [-0.39, 0.29) is 5.41 Å². The number of aryl methyl sites for hydroxylation is 1. The molecule has 2 fully saturated rings. The predicted molar refractivity (Wildman–Crippen MR) is 123 cm³/mol. The molecule has 2 bridgehead atoms. The van der Waals surface area contributed by atoms with Gasteiger partial charge in [0.25, 0.3) is 0 Å². The molecule has 3 aromatic rings. The second-order valence-corrected chi connectivity index (χ2v) is 10.6. The Bertz CT molecular complexity index is 1180. The molecule has 7 rings (SSSR count). The average molecular weight is 411 g/mol. The van der Waals surface area contributed by atoms with Crippen LogP contribution in [0, 0.1) is 11.8 Å². The minimum Gasteiger partial charge on any atom is -0.508 e. The van der Waals surface area contributed by atoms with Crippen molar-refractivity contribution in [3.05, 3.63) is 70.9 Å². The lowest BCUT2D eigenvalue weighted by molar-refractivity contribution is 0.00831. The van der Waals surface area contributed by atoms with E-state index in [9.17, 15) is 5.11 Å². The van der Waals surface area contributed by atoms with Crippen LogP contribution in [0.25, 0.3) is 10.9 Å². The number of aromatic hydroxyl groups is 1. The zero-order chi connectivity index (χ0) is 20.6. The van der Waals surface area contributed by atoms with Gasteiger partial charge in [0.05, 0.1) is 5.52 Å². The number of pyridine rings is 1. The number of phenolic OH excluding ortho intramolecular Hbond substituents is 1. The van der Waals surface area contributed by atoms with Gasteiger partial charge in [-0.3, -0.25) is 9.88 Å². The van der Waals surface area contributed by atoms with Crippen LogP contribution in [-0.2, 0) is 24.7 Å². The summed E-state index contributed by atoms with van der Waals surface area (Å²) in [6, 6.07) is 17.8. The summed E-state index contributed by atoms with van der Waals surface area (Å²) in [4.78, 5) is 8.05. The third-order valence-electron chi connectivity index (χ3n) is 8.84. The molecule has 1 aliphatic heterocycles. The van der Waals surface area contributed by atoms with Crippen molar-refractivity contribution in [2.24, 2.45) is 11.8 Å². The third kappa shape index (κ3) is 2.79. The Kier molecular flexibility index (Phi) is 3.85. The number of fused-ring (bicyclic) bond motifs is 3. The van der Waals surface area contributed by atoms with Crippen molar-refractivity contribution in [1.82, 2.24) is 9.88 Å². The SMILES string of the molecule is Oc1ccc2c(c1)[C@]13CCN(CC4CC4)[C@H](C2)C1CCc1cc2ccccc2nc1C3. The molecule has 1 aromatic heterocycles. The number of hydrogen-bond acceptors (Lipinski definition) is 3. The summed E-state index contributed by atoms with van der Waals surface area (Å²) in [5.74, 6) is 2.00. The van der Waals surface area contributed by atoms with E-state index in [1.807, 2.05) is 6.07 Å². The van der Waals surface area contributed by atoms with Crippen molar-refractivity contribution in [2.75, 3.05) is 13.1 Å². The van der Waals surface area contributed by atoms with Crippen molar-refractivity contribution < 1.29 is 5.11 Å². The van der Waals surface area contributed by atoms with E-state index in [1.165, 1.54) is 66.5 Å². The Morgan fingerprint density at radius 3 is 2.84 bits per heavy atom. The minimum absolute atomic E-state index is 0.109. The molecule has 4 aliphatic rings. The van der Waals surface area contributed by atoms with Crippen LogP contribution in [0.2, 0.25) is 0 Å². The number of aromatic nitrogens is 1. The molecule has 158 valence electrons. The van der Waals surface area contributed by atoms with Gasteiger partial charge < -0.3 is 5.11 Å². The smallest absolute Gasteiger partial charge is 0.115 e. The standard InChI is InChI=1S/C28H30N2O/c31-22-9-7-19-14-27-23-10-8-21-13-20-3-1-2-4-25(20)29-26(21)16-28(23,24(19)15-22)11-12-30(27)17-18-5-6-18/h1-4,7,9,13,15,18,23,27,31H,5-6,8,10-12,14,16-17H2/t23?,27-,28+/m1/s1. The van der Waals surface area contributed by atoms with Gasteiger partial charge >= 0.3 is 0 Å². The molecule has 0 spiro atoms. The molecular weight excluding hydrogens is 380 g/mol. The van der Waals surface area contributed by atoms with Crippen molar-refractivity contribution in [1.29, 1.82) is 0 Å². The van der Waals surface area contributed by atoms with E-state index < -0.39 is 0 Å². The Morgan fingerprint density at radius 1 is 1.03 bits per heavy atom. The monoisotopic (exact) mass is 410 g/mol. The number of para-hydroxylation sites is 1. The van der Waals surface area contributed by atoms with Crippen LogP contribution < -0.4 is 0 Å². The molecule has 31 heavy (non-hydrogen) atoms. The lowest BCUT2D eigenvalue weighted by atomic mass is 9.55. The van der Waals surface area contributed by atoms with Gasteiger partial charge in [0, 0.05) is 35.5 Å². The number of phenols is 1. The summed E-state index contributed by atoms with van der Waals surface area (Å²) in [5, 5.41) is 11.7. The van der Waals surface area contributed by atoms with Crippen LogP contribution in [-0.4, -0.2) is 34.1 Å². The minimum atomic E-state index is 0.109. The predicted octanol–water partition coefficient (Wildman–Crippen LogP) is 5.02. The molecule has 3 aliphatic carbocycles. The second-order valence-electron chi connectivity index (χ2n) is 10.6. The van der Waals surface area contributed by atoms with Gasteiger partial charge in [-0.15, -0.1) is 0 Å². The number of piperidine rings is 1. The fourth-order valence-electron chi connectivity index (χ4n) is 7.18. The van der Waals surface area contributed by atoms with Crippen molar-refractivity contribution in [3.8, 4) is 5.75 Å². The largest absolute Gasteiger partial charge is 0.508 e. The van der Waals surface area contributed by atoms with E-state index >= 15 is 0 Å². The summed E-state index contributed by atoms with van der Waals surface area (Å²) < 4.78 is 0. The Morgan fingerprint density at radius 2 is 1.94 bits per heavy atom. The molecule has 2 heterocycles. The van der Waals surface area contributed by atoms with Crippen molar-refractivity contribution in [2.45, 2.75) is 56.4 Å². The van der Waals surface area contributed by atoms with E-state index in [4.69, 9.17) is 4.98 Å². The quantitative estimate of drug-likeness (QED) is 0.644. The number of nitrogens with zero attached hydrogens (tertiary/aromatic N) is 2. The van der Waals surface area contributed by atoms with Crippen LogP contribution in [0.1, 0.15) is 48.1 Å². The van der Waals surface area contributed by atoms with Gasteiger partial charge in [0.2, 0.25) is 0 Å². The number of rotatable bonds is 2. The molecule has 1 N–H and O–H groups in total. The van der Waals surface area contributed by atoms with Crippen LogP contribution in [0.15, 0.2) is 48.5 Å².